The zero-order chi connectivity index (χ0) is 16.2. The average molecular weight is 315 g/mol. The Kier molecular flexibility index (Phi) is 6.04. The molecule has 1 aromatic rings. The van der Waals surface area contributed by atoms with E-state index in [1.807, 2.05) is 32.8 Å². The second-order valence-corrected chi connectivity index (χ2v) is 5.32. The van der Waals surface area contributed by atoms with E-state index in [9.17, 15) is 14.9 Å². The van der Waals surface area contributed by atoms with E-state index in [2.05, 4.69) is 4.98 Å². The van der Waals surface area contributed by atoms with Gasteiger partial charge in [-0.15, -0.1) is 0 Å². The first kappa shape index (κ1) is 17.3. The van der Waals surface area contributed by atoms with Crippen LogP contribution in [0.3, 0.4) is 0 Å². The molecule has 21 heavy (non-hydrogen) atoms. The van der Waals surface area contributed by atoms with Crippen molar-refractivity contribution in [1.82, 2.24) is 14.8 Å². The largest absolute Gasteiger partial charge is 0.335 e. The summed E-state index contributed by atoms with van der Waals surface area (Å²) in [5.74, 6) is -0.414. The SMILES string of the molecule is CCN(C(=O)c1ccnc(Cl)c1[N+](=O)[O-])C(C)CN(C)C. The molecule has 8 heteroatoms. The highest BCUT2D eigenvalue weighted by Crippen LogP contribution is 2.27. The summed E-state index contributed by atoms with van der Waals surface area (Å²) in [6.45, 7) is 4.84. The van der Waals surface area contributed by atoms with Gasteiger partial charge in [0.1, 0.15) is 5.56 Å². The standard InChI is InChI=1S/C13H19ClN4O3/c1-5-17(9(2)8-16(3)4)13(19)10-6-7-15-12(14)11(10)18(20)21/h6-7,9H,5,8H2,1-4H3. The van der Waals surface area contributed by atoms with E-state index in [0.717, 1.165) is 0 Å². The van der Waals surface area contributed by atoms with Gasteiger partial charge < -0.3 is 9.80 Å². The highest BCUT2D eigenvalue weighted by atomic mass is 35.5. The average Bonchev–Trinajstić information content (AvgIpc) is 2.37. The zero-order valence-electron chi connectivity index (χ0n) is 12.5. The number of pyridine rings is 1. The van der Waals surface area contributed by atoms with Crippen molar-refractivity contribution in [1.29, 1.82) is 0 Å². The van der Waals surface area contributed by atoms with Gasteiger partial charge in [-0.25, -0.2) is 4.98 Å². The molecule has 0 bridgehead atoms. The molecule has 0 aliphatic heterocycles. The van der Waals surface area contributed by atoms with E-state index >= 15 is 0 Å². The van der Waals surface area contributed by atoms with E-state index in [4.69, 9.17) is 11.6 Å². The van der Waals surface area contributed by atoms with E-state index < -0.39 is 16.5 Å². The van der Waals surface area contributed by atoms with Crippen LogP contribution in [-0.2, 0) is 0 Å². The third-order valence-corrected chi connectivity index (χ3v) is 3.33. The molecular formula is C13H19ClN4O3. The number of hydrogen-bond donors (Lipinski definition) is 0. The summed E-state index contributed by atoms with van der Waals surface area (Å²) in [6, 6.07) is 1.25. The fourth-order valence-electron chi connectivity index (χ4n) is 2.21. The van der Waals surface area contributed by atoms with Gasteiger partial charge in [-0.3, -0.25) is 14.9 Å². The molecule has 7 nitrogen and oxygen atoms in total. The fourth-order valence-corrected chi connectivity index (χ4v) is 2.44. The Morgan fingerprint density at radius 1 is 1.52 bits per heavy atom. The third kappa shape index (κ3) is 4.12. The lowest BCUT2D eigenvalue weighted by Crippen LogP contribution is -2.43. The Morgan fingerprint density at radius 2 is 2.14 bits per heavy atom. The molecule has 0 saturated carbocycles. The Morgan fingerprint density at radius 3 is 2.62 bits per heavy atom. The molecule has 0 radical (unpaired) electrons. The molecule has 116 valence electrons. The number of halogens is 1. The van der Waals surface area contributed by atoms with E-state index in [1.165, 1.54) is 12.3 Å². The number of nitrogens with zero attached hydrogens (tertiary/aromatic N) is 4. The lowest BCUT2D eigenvalue weighted by molar-refractivity contribution is -0.385. The minimum Gasteiger partial charge on any atom is -0.335 e. The summed E-state index contributed by atoms with van der Waals surface area (Å²) in [6.07, 6.45) is 1.30. The predicted octanol–water partition coefficient (Wildman–Crippen LogP) is 2.06. The summed E-state index contributed by atoms with van der Waals surface area (Å²) in [4.78, 5) is 30.2. The van der Waals surface area contributed by atoms with Crippen LogP contribution in [0.15, 0.2) is 12.3 Å². The maximum absolute atomic E-state index is 12.6. The highest BCUT2D eigenvalue weighted by Gasteiger charge is 2.29. The van der Waals surface area contributed by atoms with Gasteiger partial charge in [0.05, 0.1) is 4.92 Å². The molecule has 0 aliphatic carbocycles. The minimum atomic E-state index is -0.674. The predicted molar refractivity (Wildman–Crippen MR) is 80.6 cm³/mol. The molecule has 0 spiro atoms. The fraction of sp³-hybridized carbons (Fsp3) is 0.538. The smallest absolute Gasteiger partial charge is 0.319 e. The van der Waals surface area contributed by atoms with Crippen molar-refractivity contribution in [2.45, 2.75) is 19.9 Å². The topological polar surface area (TPSA) is 79.6 Å². The molecule has 0 aliphatic rings. The van der Waals surface area contributed by atoms with Crippen molar-refractivity contribution in [2.24, 2.45) is 0 Å². The number of carbonyl (C=O) groups is 1. The molecule has 1 atom stereocenters. The zero-order valence-corrected chi connectivity index (χ0v) is 13.3. The van der Waals surface area contributed by atoms with Gasteiger partial charge in [0.15, 0.2) is 0 Å². The number of aromatic nitrogens is 1. The number of hydrogen-bond acceptors (Lipinski definition) is 5. The van der Waals surface area contributed by atoms with E-state index in [0.29, 0.717) is 13.1 Å². The third-order valence-electron chi connectivity index (χ3n) is 3.06. The van der Waals surface area contributed by atoms with Gasteiger partial charge >= 0.3 is 5.69 Å². The van der Waals surface area contributed by atoms with Gasteiger partial charge in [0, 0.05) is 25.3 Å². The first-order valence-electron chi connectivity index (χ1n) is 6.54. The molecule has 1 rings (SSSR count). The van der Waals surface area contributed by atoms with Crippen molar-refractivity contribution >= 4 is 23.2 Å². The van der Waals surface area contributed by atoms with E-state index in [-0.39, 0.29) is 16.8 Å². The van der Waals surface area contributed by atoms with Gasteiger partial charge in [-0.2, -0.15) is 0 Å². The molecule has 0 saturated heterocycles. The van der Waals surface area contributed by atoms with Crippen molar-refractivity contribution in [3.8, 4) is 0 Å². The van der Waals surface area contributed by atoms with Crippen LogP contribution in [0.1, 0.15) is 24.2 Å². The van der Waals surface area contributed by atoms with Crippen LogP contribution >= 0.6 is 11.6 Å². The quantitative estimate of drug-likeness (QED) is 0.456. The second-order valence-electron chi connectivity index (χ2n) is 4.96. The van der Waals surface area contributed by atoms with Crippen LogP contribution in [0.5, 0.6) is 0 Å². The number of amides is 1. The van der Waals surface area contributed by atoms with Crippen molar-refractivity contribution < 1.29 is 9.72 Å². The Labute approximate surface area is 128 Å². The van der Waals surface area contributed by atoms with Crippen LogP contribution < -0.4 is 0 Å². The van der Waals surface area contributed by atoms with E-state index in [1.54, 1.807) is 4.90 Å². The molecule has 0 fully saturated rings. The molecule has 0 N–H and O–H groups in total. The highest BCUT2D eigenvalue weighted by molar-refractivity contribution is 6.32. The van der Waals surface area contributed by atoms with Gasteiger partial charge in [0.2, 0.25) is 5.15 Å². The lowest BCUT2D eigenvalue weighted by atomic mass is 10.1. The Balaban J connectivity index is 3.17. The Bertz CT molecular complexity index is 536. The summed E-state index contributed by atoms with van der Waals surface area (Å²) in [5, 5.41) is 10.8. The number of nitro groups is 1. The number of likely N-dealkylation sites (N-methyl/N-ethyl adjacent to an activating group) is 2. The molecule has 1 amide bonds. The normalized spacial score (nSPS) is 12.3. The molecular weight excluding hydrogens is 296 g/mol. The van der Waals surface area contributed by atoms with Crippen LogP contribution in [0, 0.1) is 10.1 Å². The maximum Gasteiger partial charge on any atom is 0.319 e. The van der Waals surface area contributed by atoms with Crippen molar-refractivity contribution in [3.05, 3.63) is 33.1 Å². The summed E-state index contributed by atoms with van der Waals surface area (Å²) in [7, 11) is 3.81. The maximum atomic E-state index is 12.6. The van der Waals surface area contributed by atoms with Gasteiger partial charge in [-0.05, 0) is 34.0 Å². The second kappa shape index (κ2) is 7.33. The molecule has 1 unspecified atom stereocenters. The number of carbonyl (C=O) groups excluding carboxylic acids is 1. The van der Waals surface area contributed by atoms with Crippen molar-refractivity contribution in [2.75, 3.05) is 27.2 Å². The molecule has 1 aromatic heterocycles. The number of rotatable bonds is 6. The first-order valence-corrected chi connectivity index (χ1v) is 6.92. The lowest BCUT2D eigenvalue weighted by Gasteiger charge is -2.30. The molecule has 0 aromatic carbocycles. The van der Waals surface area contributed by atoms with Crippen LogP contribution in [0.4, 0.5) is 5.69 Å². The van der Waals surface area contributed by atoms with Crippen LogP contribution in [0.25, 0.3) is 0 Å². The van der Waals surface area contributed by atoms with Gasteiger partial charge in [0.25, 0.3) is 5.91 Å². The van der Waals surface area contributed by atoms with Crippen LogP contribution in [0.2, 0.25) is 5.15 Å². The minimum absolute atomic E-state index is 0.0348. The van der Waals surface area contributed by atoms with Gasteiger partial charge in [-0.1, -0.05) is 11.6 Å². The monoisotopic (exact) mass is 314 g/mol. The Hall–Kier alpha value is -1.73. The summed E-state index contributed by atoms with van der Waals surface area (Å²) >= 11 is 5.75. The molecule has 1 heterocycles. The first-order chi connectivity index (χ1) is 9.79. The summed E-state index contributed by atoms with van der Waals surface area (Å²) in [5.41, 5.74) is -0.480. The summed E-state index contributed by atoms with van der Waals surface area (Å²) < 4.78 is 0. The van der Waals surface area contributed by atoms with Crippen LogP contribution in [-0.4, -0.2) is 58.8 Å². The van der Waals surface area contributed by atoms with Crippen molar-refractivity contribution in [3.63, 3.8) is 0 Å².